The average Bonchev–Trinajstić information content (AvgIpc) is 2.29. The van der Waals surface area contributed by atoms with Gasteiger partial charge in [-0.05, 0) is 32.6 Å². The van der Waals surface area contributed by atoms with Gasteiger partial charge in [0.2, 0.25) is 0 Å². The van der Waals surface area contributed by atoms with Crippen LogP contribution in [0.1, 0.15) is 65.7 Å². The zero-order chi connectivity index (χ0) is 14.1. The van der Waals surface area contributed by atoms with Crippen LogP contribution in [-0.4, -0.2) is 21.4 Å². The second-order valence-electron chi connectivity index (χ2n) is 5.11. The molecule has 0 aromatic rings. The van der Waals surface area contributed by atoms with Crippen LogP contribution >= 0.6 is 0 Å². The van der Waals surface area contributed by atoms with Gasteiger partial charge in [0.15, 0.2) is 0 Å². The van der Waals surface area contributed by atoms with Crippen molar-refractivity contribution in [3.05, 3.63) is 0 Å². The highest BCUT2D eigenvalue weighted by Crippen LogP contribution is 2.18. The molecular weight excluding hydrogens is 224 g/mol. The molecule has 0 amide bonds. The highest BCUT2D eigenvalue weighted by Gasteiger charge is 2.21. The van der Waals surface area contributed by atoms with Crippen LogP contribution in [0.4, 0.5) is 0 Å². The minimum absolute atomic E-state index is 0.540. The molecule has 2 heteroatoms. The Balaban J connectivity index is 4.19. The first-order valence-corrected chi connectivity index (χ1v) is 6.81. The Hall–Kier alpha value is -0.960. The van der Waals surface area contributed by atoms with Crippen molar-refractivity contribution in [2.24, 2.45) is 0 Å². The van der Waals surface area contributed by atoms with Gasteiger partial charge in [-0.1, -0.05) is 38.5 Å². The average molecular weight is 250 g/mol. The lowest BCUT2D eigenvalue weighted by Crippen LogP contribution is -2.25. The van der Waals surface area contributed by atoms with Gasteiger partial charge in [0.1, 0.15) is 11.2 Å². The molecule has 0 spiro atoms. The third-order valence-electron chi connectivity index (χ3n) is 2.92. The fourth-order valence-corrected chi connectivity index (χ4v) is 1.90. The van der Waals surface area contributed by atoms with Gasteiger partial charge in [-0.15, -0.1) is 12.3 Å². The molecule has 0 rings (SSSR count). The Bertz CT molecular complexity index is 319. The first-order valence-electron chi connectivity index (χ1n) is 6.81. The molecule has 0 aliphatic heterocycles. The van der Waals surface area contributed by atoms with Gasteiger partial charge < -0.3 is 10.2 Å². The van der Waals surface area contributed by atoms with E-state index in [-0.39, 0.29) is 0 Å². The third-order valence-corrected chi connectivity index (χ3v) is 2.92. The first-order chi connectivity index (χ1) is 8.39. The van der Waals surface area contributed by atoms with Crippen LogP contribution in [-0.2, 0) is 0 Å². The van der Waals surface area contributed by atoms with Crippen molar-refractivity contribution in [1.29, 1.82) is 0 Å². The summed E-state index contributed by atoms with van der Waals surface area (Å²) in [6, 6.07) is 0. The summed E-state index contributed by atoms with van der Waals surface area (Å²) in [6.45, 7) is 5.73. The summed E-state index contributed by atoms with van der Waals surface area (Å²) in [7, 11) is 0. The fourth-order valence-electron chi connectivity index (χ4n) is 1.90. The van der Waals surface area contributed by atoms with E-state index < -0.39 is 11.2 Å². The zero-order valence-electron chi connectivity index (χ0n) is 11.9. The smallest absolute Gasteiger partial charge is 0.125 e. The van der Waals surface area contributed by atoms with E-state index in [4.69, 9.17) is 6.42 Å². The molecule has 2 nitrogen and oxygen atoms in total. The number of unbranched alkanes of at least 4 members (excludes halogenated alkanes) is 1. The van der Waals surface area contributed by atoms with Crippen molar-refractivity contribution >= 4 is 0 Å². The summed E-state index contributed by atoms with van der Waals surface area (Å²) >= 11 is 0. The molecular formula is C16H26O2. The highest BCUT2D eigenvalue weighted by atomic mass is 16.3. The topological polar surface area (TPSA) is 40.5 Å². The van der Waals surface area contributed by atoms with E-state index in [1.165, 1.54) is 0 Å². The maximum atomic E-state index is 10.3. The van der Waals surface area contributed by atoms with Crippen LogP contribution in [0, 0.1) is 24.2 Å². The number of aliphatic hydroxyl groups is 2. The zero-order valence-corrected chi connectivity index (χ0v) is 11.9. The molecule has 0 saturated heterocycles. The lowest BCUT2D eigenvalue weighted by atomic mass is 9.93. The maximum Gasteiger partial charge on any atom is 0.125 e. The summed E-state index contributed by atoms with van der Waals surface area (Å²) in [5.41, 5.74) is -1.87. The molecule has 0 aromatic heterocycles. The second-order valence-corrected chi connectivity index (χ2v) is 5.11. The summed E-state index contributed by atoms with van der Waals surface area (Å²) in [6.07, 6.45) is 10.4. The molecule has 18 heavy (non-hydrogen) atoms. The van der Waals surface area contributed by atoms with Gasteiger partial charge >= 0.3 is 0 Å². The van der Waals surface area contributed by atoms with E-state index in [2.05, 4.69) is 17.8 Å². The summed E-state index contributed by atoms with van der Waals surface area (Å²) in [5.74, 6) is 8.33. The lowest BCUT2D eigenvalue weighted by Gasteiger charge is -2.20. The number of hydrogen-bond donors (Lipinski definition) is 2. The van der Waals surface area contributed by atoms with Crippen LogP contribution in [0.15, 0.2) is 0 Å². The number of rotatable bonds is 7. The Morgan fingerprint density at radius 3 is 2.06 bits per heavy atom. The number of hydrogen-bond acceptors (Lipinski definition) is 2. The van der Waals surface area contributed by atoms with E-state index in [9.17, 15) is 10.2 Å². The normalized spacial score (nSPS) is 14.2. The molecule has 0 bridgehead atoms. The SMILES string of the molecule is C#CC(C)(O)CCCC#CC(O)(CCC)CCC. The van der Waals surface area contributed by atoms with Crippen molar-refractivity contribution in [2.75, 3.05) is 0 Å². The molecule has 0 radical (unpaired) electrons. The molecule has 1 unspecified atom stereocenters. The molecule has 0 fully saturated rings. The van der Waals surface area contributed by atoms with E-state index in [0.29, 0.717) is 12.8 Å². The van der Waals surface area contributed by atoms with Crippen molar-refractivity contribution < 1.29 is 10.2 Å². The second kappa shape index (κ2) is 8.20. The van der Waals surface area contributed by atoms with Crippen molar-refractivity contribution in [3.8, 4) is 24.2 Å². The molecule has 102 valence electrons. The van der Waals surface area contributed by atoms with Crippen molar-refractivity contribution in [1.82, 2.24) is 0 Å². The molecule has 2 N–H and O–H groups in total. The monoisotopic (exact) mass is 250 g/mol. The van der Waals surface area contributed by atoms with Gasteiger partial charge in [-0.25, -0.2) is 0 Å². The largest absolute Gasteiger partial charge is 0.378 e. The van der Waals surface area contributed by atoms with Gasteiger partial charge in [0.25, 0.3) is 0 Å². The van der Waals surface area contributed by atoms with Crippen LogP contribution in [0.2, 0.25) is 0 Å². The minimum atomic E-state index is -1.04. The molecule has 0 aromatic carbocycles. The van der Waals surface area contributed by atoms with Gasteiger partial charge in [0, 0.05) is 6.42 Å². The van der Waals surface area contributed by atoms with E-state index in [1.54, 1.807) is 6.92 Å². The number of terminal acetylenes is 1. The van der Waals surface area contributed by atoms with Crippen LogP contribution in [0.5, 0.6) is 0 Å². The Morgan fingerprint density at radius 2 is 1.61 bits per heavy atom. The third kappa shape index (κ3) is 7.38. The fraction of sp³-hybridized carbons (Fsp3) is 0.750. The highest BCUT2D eigenvalue weighted by molar-refractivity contribution is 5.13. The van der Waals surface area contributed by atoms with Gasteiger partial charge in [-0.2, -0.15) is 0 Å². The summed E-state index contributed by atoms with van der Waals surface area (Å²) in [4.78, 5) is 0. The minimum Gasteiger partial charge on any atom is -0.378 e. The van der Waals surface area contributed by atoms with E-state index in [1.807, 2.05) is 13.8 Å². The Morgan fingerprint density at radius 1 is 1.06 bits per heavy atom. The molecule has 1 atom stereocenters. The van der Waals surface area contributed by atoms with Crippen LogP contribution in [0.25, 0.3) is 0 Å². The molecule has 0 saturated carbocycles. The van der Waals surface area contributed by atoms with Crippen molar-refractivity contribution in [3.63, 3.8) is 0 Å². The van der Waals surface area contributed by atoms with E-state index in [0.717, 1.165) is 32.1 Å². The summed E-state index contributed by atoms with van der Waals surface area (Å²) < 4.78 is 0. The maximum absolute atomic E-state index is 10.3. The van der Waals surface area contributed by atoms with Crippen molar-refractivity contribution in [2.45, 2.75) is 76.9 Å². The quantitative estimate of drug-likeness (QED) is 0.539. The molecule has 0 aliphatic carbocycles. The Kier molecular flexibility index (Phi) is 7.76. The standard InChI is InChI=1S/C16H26O2/c1-5-11-16(18,12-6-2)14-10-8-9-13-15(4,17)7-3/h3,17-18H,5-6,8-9,11-13H2,1-2,4H3. The predicted octanol–water partition coefficient (Wildman–Crippen LogP) is 2.88. The molecule has 0 heterocycles. The van der Waals surface area contributed by atoms with Crippen LogP contribution in [0.3, 0.4) is 0 Å². The summed E-state index contributed by atoms with van der Waals surface area (Å²) in [5, 5.41) is 19.9. The lowest BCUT2D eigenvalue weighted by molar-refractivity contribution is 0.0806. The first kappa shape index (κ1) is 17.0. The molecule has 0 aliphatic rings. The Labute approximate surface area is 112 Å². The predicted molar refractivity (Wildman–Crippen MR) is 75.8 cm³/mol. The van der Waals surface area contributed by atoms with Gasteiger partial charge in [-0.3, -0.25) is 0 Å². The van der Waals surface area contributed by atoms with E-state index >= 15 is 0 Å². The van der Waals surface area contributed by atoms with Crippen LogP contribution < -0.4 is 0 Å². The van der Waals surface area contributed by atoms with Gasteiger partial charge in [0.05, 0.1) is 0 Å².